The molecule has 0 spiro atoms. The van der Waals surface area contributed by atoms with Crippen LogP contribution in [0.3, 0.4) is 0 Å². The number of benzene rings is 3. The first-order valence-corrected chi connectivity index (χ1v) is 13.3. The first-order chi connectivity index (χ1) is 16.6. The summed E-state index contributed by atoms with van der Waals surface area (Å²) in [5, 5.41) is 9.61. The molecule has 0 unspecified atom stereocenters. The minimum absolute atomic E-state index is 0.0203. The van der Waals surface area contributed by atoms with Crippen molar-refractivity contribution >= 4 is 0 Å². The van der Waals surface area contributed by atoms with Gasteiger partial charge >= 0.3 is 0 Å². The fourth-order valence-electron chi connectivity index (χ4n) is 5.36. The Kier molecular flexibility index (Phi) is 7.62. The third-order valence-corrected chi connectivity index (χ3v) is 7.18. The largest absolute Gasteiger partial charge is 0.192 e. The van der Waals surface area contributed by atoms with E-state index in [0.717, 1.165) is 16.7 Å². The zero-order valence-electron chi connectivity index (χ0n) is 24.6. The van der Waals surface area contributed by atoms with E-state index in [2.05, 4.69) is 119 Å². The highest BCUT2D eigenvalue weighted by Crippen LogP contribution is 2.48. The fraction of sp³-hybridized carbons (Fsp3) is 0.457. The van der Waals surface area contributed by atoms with Gasteiger partial charge in [-0.1, -0.05) is 87.4 Å². The molecule has 0 heterocycles. The summed E-state index contributed by atoms with van der Waals surface area (Å²) in [6.45, 7) is 27.3. The molecule has 0 saturated heterocycles. The second-order valence-electron chi connectivity index (χ2n) is 13.1. The van der Waals surface area contributed by atoms with Crippen LogP contribution in [0.5, 0.6) is 0 Å². The van der Waals surface area contributed by atoms with Crippen LogP contribution in [0.2, 0.25) is 0 Å². The number of nitriles is 1. The SMILES string of the molecule is Cc1cc(C#N)cc(C)c1-c1cc(C(C)C)[c]c(C(C)C)c1-c1c(C(C)(C)C)cccc1C(C)(C)C. The highest BCUT2D eigenvalue weighted by atomic mass is 14.3. The molecule has 0 N–H and O–H groups in total. The van der Waals surface area contributed by atoms with Gasteiger partial charge in [0.25, 0.3) is 0 Å². The van der Waals surface area contributed by atoms with Gasteiger partial charge < -0.3 is 0 Å². The molecular formula is C35H44N. The Hall–Kier alpha value is -2.85. The topological polar surface area (TPSA) is 23.8 Å². The maximum atomic E-state index is 9.61. The summed E-state index contributed by atoms with van der Waals surface area (Å²) >= 11 is 0. The highest BCUT2D eigenvalue weighted by Gasteiger charge is 2.30. The van der Waals surface area contributed by atoms with Gasteiger partial charge in [0.05, 0.1) is 11.6 Å². The zero-order chi connectivity index (χ0) is 27.2. The molecule has 36 heavy (non-hydrogen) atoms. The average molecular weight is 479 g/mol. The van der Waals surface area contributed by atoms with Gasteiger partial charge in [-0.25, -0.2) is 0 Å². The van der Waals surface area contributed by atoms with Crippen molar-refractivity contribution in [3.63, 3.8) is 0 Å². The predicted octanol–water partition coefficient (Wildman–Crippen LogP) is 10.2. The number of hydrogen-bond donors (Lipinski definition) is 0. The maximum absolute atomic E-state index is 9.61. The van der Waals surface area contributed by atoms with Crippen molar-refractivity contribution in [2.75, 3.05) is 0 Å². The molecule has 0 aliphatic heterocycles. The molecule has 0 atom stereocenters. The first kappa shape index (κ1) is 27.7. The van der Waals surface area contributed by atoms with E-state index in [0.29, 0.717) is 11.8 Å². The highest BCUT2D eigenvalue weighted by molar-refractivity contribution is 5.92. The van der Waals surface area contributed by atoms with Crippen LogP contribution < -0.4 is 0 Å². The first-order valence-electron chi connectivity index (χ1n) is 13.3. The molecule has 0 bridgehead atoms. The van der Waals surface area contributed by atoms with E-state index in [1.165, 1.54) is 44.5 Å². The van der Waals surface area contributed by atoms with Crippen molar-refractivity contribution < 1.29 is 0 Å². The minimum Gasteiger partial charge on any atom is -0.192 e. The zero-order valence-corrected chi connectivity index (χ0v) is 24.6. The van der Waals surface area contributed by atoms with Gasteiger partial charge in [-0.2, -0.15) is 5.26 Å². The molecule has 1 heteroatoms. The Balaban J connectivity index is 2.67. The Labute approximate surface area is 220 Å². The van der Waals surface area contributed by atoms with Crippen molar-refractivity contribution in [1.82, 2.24) is 0 Å². The van der Waals surface area contributed by atoms with Gasteiger partial charge in [0, 0.05) is 0 Å². The molecule has 1 nitrogen and oxygen atoms in total. The molecular weight excluding hydrogens is 434 g/mol. The molecule has 1 radical (unpaired) electrons. The molecule has 0 aliphatic rings. The Bertz CT molecular complexity index is 1260. The normalized spacial score (nSPS) is 12.4. The van der Waals surface area contributed by atoms with Gasteiger partial charge in [-0.05, 0) is 116 Å². The van der Waals surface area contributed by atoms with Gasteiger partial charge in [0.15, 0.2) is 0 Å². The maximum Gasteiger partial charge on any atom is 0.0991 e. The lowest BCUT2D eigenvalue weighted by Gasteiger charge is -2.33. The summed E-state index contributed by atoms with van der Waals surface area (Å²) in [6.07, 6.45) is 0. The number of nitrogens with zero attached hydrogens (tertiary/aromatic N) is 1. The van der Waals surface area contributed by atoms with Crippen molar-refractivity contribution in [1.29, 1.82) is 5.26 Å². The quantitative estimate of drug-likeness (QED) is 0.366. The summed E-state index contributed by atoms with van der Waals surface area (Å²) in [4.78, 5) is 0. The summed E-state index contributed by atoms with van der Waals surface area (Å²) in [7, 11) is 0. The van der Waals surface area contributed by atoms with Crippen LogP contribution in [0.15, 0.2) is 36.4 Å². The Morgan fingerprint density at radius 2 is 1.22 bits per heavy atom. The lowest BCUT2D eigenvalue weighted by atomic mass is 9.71. The van der Waals surface area contributed by atoms with Gasteiger partial charge in [-0.15, -0.1) is 0 Å². The molecule has 0 amide bonds. The van der Waals surface area contributed by atoms with Gasteiger partial charge in [0.1, 0.15) is 0 Å². The summed E-state index contributed by atoms with van der Waals surface area (Å²) in [6, 6.07) is 19.5. The van der Waals surface area contributed by atoms with Crippen molar-refractivity contribution in [2.24, 2.45) is 0 Å². The average Bonchev–Trinajstić information content (AvgIpc) is 2.76. The van der Waals surface area contributed by atoms with Gasteiger partial charge in [-0.3, -0.25) is 0 Å². The van der Waals surface area contributed by atoms with Crippen LogP contribution in [0.4, 0.5) is 0 Å². The third-order valence-electron chi connectivity index (χ3n) is 7.18. The smallest absolute Gasteiger partial charge is 0.0991 e. The van der Waals surface area contributed by atoms with E-state index in [9.17, 15) is 5.26 Å². The summed E-state index contributed by atoms with van der Waals surface area (Å²) in [5.41, 5.74) is 13.4. The third kappa shape index (κ3) is 5.29. The molecule has 3 rings (SSSR count). The van der Waals surface area contributed by atoms with E-state index in [4.69, 9.17) is 0 Å². The molecule has 0 fully saturated rings. The predicted molar refractivity (Wildman–Crippen MR) is 156 cm³/mol. The fourth-order valence-corrected chi connectivity index (χ4v) is 5.36. The van der Waals surface area contributed by atoms with Crippen LogP contribution in [0.25, 0.3) is 22.3 Å². The Morgan fingerprint density at radius 3 is 1.61 bits per heavy atom. The van der Waals surface area contributed by atoms with E-state index in [1.54, 1.807) is 0 Å². The van der Waals surface area contributed by atoms with Crippen molar-refractivity contribution in [2.45, 2.75) is 106 Å². The van der Waals surface area contributed by atoms with E-state index < -0.39 is 0 Å². The van der Waals surface area contributed by atoms with Gasteiger partial charge in [0.2, 0.25) is 0 Å². The second kappa shape index (κ2) is 9.89. The van der Waals surface area contributed by atoms with Crippen molar-refractivity contribution in [3.05, 3.63) is 81.4 Å². The monoisotopic (exact) mass is 478 g/mol. The van der Waals surface area contributed by atoms with E-state index >= 15 is 0 Å². The molecule has 3 aromatic carbocycles. The van der Waals surface area contributed by atoms with Crippen LogP contribution in [0.1, 0.15) is 120 Å². The number of aryl methyl sites for hydroxylation is 2. The standard InChI is InChI=1S/C35H44N/c1-21(2)26-18-27(22(3)4)32(28(19-26)31-23(5)16-25(20-36)17-24(31)6)33-29(34(7,8)9)14-13-15-30(33)35(10,11)12/h13-17,19,21-22H,1-12H3. The van der Waals surface area contributed by atoms with Crippen LogP contribution in [0, 0.1) is 31.2 Å². The molecule has 3 aromatic rings. The number of rotatable bonds is 4. The van der Waals surface area contributed by atoms with E-state index in [1.807, 2.05) is 12.1 Å². The van der Waals surface area contributed by atoms with E-state index in [-0.39, 0.29) is 10.8 Å². The summed E-state index contributed by atoms with van der Waals surface area (Å²) < 4.78 is 0. The molecule has 0 aliphatic carbocycles. The molecule has 189 valence electrons. The Morgan fingerprint density at radius 1 is 0.722 bits per heavy atom. The number of hydrogen-bond acceptors (Lipinski definition) is 1. The van der Waals surface area contributed by atoms with Crippen molar-refractivity contribution in [3.8, 4) is 28.3 Å². The van der Waals surface area contributed by atoms with Crippen LogP contribution >= 0.6 is 0 Å². The lowest BCUT2D eigenvalue weighted by Crippen LogP contribution is -2.20. The lowest BCUT2D eigenvalue weighted by molar-refractivity contribution is 0.571. The van der Waals surface area contributed by atoms with Crippen LogP contribution in [-0.2, 0) is 10.8 Å². The minimum atomic E-state index is -0.0203. The molecule has 0 aromatic heterocycles. The molecule has 0 saturated carbocycles. The summed E-state index contributed by atoms with van der Waals surface area (Å²) in [5.74, 6) is 0.687. The second-order valence-corrected chi connectivity index (χ2v) is 13.1. The van der Waals surface area contributed by atoms with Crippen LogP contribution in [-0.4, -0.2) is 0 Å².